The van der Waals surface area contributed by atoms with Gasteiger partial charge in [-0.1, -0.05) is 36.9 Å². The molecule has 0 spiro atoms. The van der Waals surface area contributed by atoms with Crippen molar-refractivity contribution in [1.82, 2.24) is 0 Å². The zero-order valence-electron chi connectivity index (χ0n) is 8.67. The number of phenolic OH excluding ortho intramolecular Hbond substituents is 1. The highest BCUT2D eigenvalue weighted by molar-refractivity contribution is 6.32. The van der Waals surface area contributed by atoms with Gasteiger partial charge >= 0.3 is 0 Å². The molecule has 82 valence electrons. The van der Waals surface area contributed by atoms with Gasteiger partial charge in [-0.3, -0.25) is 0 Å². The lowest BCUT2D eigenvalue weighted by Crippen LogP contribution is -2.38. The molecule has 1 aromatic carbocycles. The van der Waals surface area contributed by atoms with E-state index in [1.807, 2.05) is 6.07 Å². The van der Waals surface area contributed by atoms with Crippen LogP contribution in [0.4, 0.5) is 0 Å². The maximum absolute atomic E-state index is 9.35. The van der Waals surface area contributed by atoms with E-state index < -0.39 is 0 Å². The Labute approximate surface area is 95.1 Å². The largest absolute Gasteiger partial charge is 0.506 e. The lowest BCUT2D eigenvalue weighted by atomic mass is 9.77. The maximum atomic E-state index is 9.35. The summed E-state index contributed by atoms with van der Waals surface area (Å²) in [6.07, 6.45) is 5.64. The van der Waals surface area contributed by atoms with Gasteiger partial charge in [-0.25, -0.2) is 0 Å². The Hall–Kier alpha value is -0.730. The second kappa shape index (κ2) is 4.03. The first-order valence-electron chi connectivity index (χ1n) is 5.40. The minimum absolute atomic E-state index is 0.125. The van der Waals surface area contributed by atoms with E-state index in [1.54, 1.807) is 12.1 Å². The van der Waals surface area contributed by atoms with Crippen LogP contribution in [0, 0.1) is 0 Å². The van der Waals surface area contributed by atoms with Crippen molar-refractivity contribution >= 4 is 11.6 Å². The van der Waals surface area contributed by atoms with Crippen molar-refractivity contribution in [1.29, 1.82) is 0 Å². The van der Waals surface area contributed by atoms with Crippen molar-refractivity contribution in [3.63, 3.8) is 0 Å². The predicted molar refractivity (Wildman–Crippen MR) is 62.1 cm³/mol. The summed E-state index contributed by atoms with van der Waals surface area (Å²) >= 11 is 5.89. The fourth-order valence-corrected chi connectivity index (χ4v) is 2.47. The molecule has 0 amide bonds. The number of nitrogens with two attached hydrogens (primary N) is 1. The van der Waals surface area contributed by atoms with Gasteiger partial charge in [-0.05, 0) is 30.5 Å². The molecule has 0 aromatic heterocycles. The normalized spacial score (nSPS) is 20.1. The monoisotopic (exact) mass is 225 g/mol. The average molecular weight is 226 g/mol. The molecule has 1 saturated carbocycles. The van der Waals surface area contributed by atoms with Crippen molar-refractivity contribution < 1.29 is 5.11 Å². The van der Waals surface area contributed by atoms with Crippen LogP contribution in [-0.2, 0) is 5.54 Å². The smallest absolute Gasteiger partial charge is 0.134 e. The number of benzene rings is 1. The van der Waals surface area contributed by atoms with Gasteiger partial charge in [0.2, 0.25) is 0 Å². The first kappa shape index (κ1) is 10.8. The van der Waals surface area contributed by atoms with Crippen molar-refractivity contribution in [2.24, 2.45) is 5.73 Å². The highest BCUT2D eigenvalue weighted by Crippen LogP contribution is 2.37. The maximum Gasteiger partial charge on any atom is 0.134 e. The molecule has 1 aliphatic carbocycles. The summed E-state index contributed by atoms with van der Waals surface area (Å²) in [5.41, 5.74) is 7.16. The van der Waals surface area contributed by atoms with Crippen LogP contribution in [-0.4, -0.2) is 5.11 Å². The molecular weight excluding hydrogens is 210 g/mol. The summed E-state index contributed by atoms with van der Waals surface area (Å²) in [5.74, 6) is 0.125. The van der Waals surface area contributed by atoms with Gasteiger partial charge in [-0.2, -0.15) is 0 Å². The van der Waals surface area contributed by atoms with Crippen LogP contribution in [0.15, 0.2) is 18.2 Å². The number of halogens is 1. The van der Waals surface area contributed by atoms with E-state index in [4.69, 9.17) is 17.3 Å². The van der Waals surface area contributed by atoms with Crippen molar-refractivity contribution in [3.8, 4) is 5.75 Å². The molecule has 2 nitrogen and oxygen atoms in total. The minimum atomic E-state index is -0.240. The summed E-state index contributed by atoms with van der Waals surface area (Å²) in [5, 5.41) is 9.74. The predicted octanol–water partition coefficient (Wildman–Crippen LogP) is 3.16. The zero-order chi connectivity index (χ0) is 10.9. The third kappa shape index (κ3) is 2.11. The number of rotatable bonds is 1. The lowest BCUT2D eigenvalue weighted by Gasteiger charge is -2.34. The van der Waals surface area contributed by atoms with E-state index in [-0.39, 0.29) is 11.3 Å². The van der Waals surface area contributed by atoms with Gasteiger partial charge in [0.1, 0.15) is 5.75 Å². The highest BCUT2D eigenvalue weighted by Gasteiger charge is 2.29. The van der Waals surface area contributed by atoms with Gasteiger partial charge in [0, 0.05) is 5.54 Å². The molecule has 0 unspecified atom stereocenters. The number of hydrogen-bond donors (Lipinski definition) is 2. The molecule has 1 fully saturated rings. The third-order valence-electron chi connectivity index (χ3n) is 3.27. The zero-order valence-corrected chi connectivity index (χ0v) is 9.43. The van der Waals surface area contributed by atoms with Crippen LogP contribution in [0.5, 0.6) is 5.75 Å². The van der Waals surface area contributed by atoms with E-state index in [9.17, 15) is 5.11 Å². The second-order valence-electron chi connectivity index (χ2n) is 4.38. The Kier molecular flexibility index (Phi) is 2.89. The van der Waals surface area contributed by atoms with Gasteiger partial charge < -0.3 is 10.8 Å². The number of hydrogen-bond acceptors (Lipinski definition) is 2. The molecule has 15 heavy (non-hydrogen) atoms. The molecule has 0 saturated heterocycles. The first-order valence-corrected chi connectivity index (χ1v) is 5.77. The molecule has 0 radical (unpaired) electrons. The van der Waals surface area contributed by atoms with Gasteiger partial charge in [0.15, 0.2) is 0 Å². The van der Waals surface area contributed by atoms with Crippen LogP contribution < -0.4 is 5.73 Å². The highest BCUT2D eigenvalue weighted by atomic mass is 35.5. The lowest BCUT2D eigenvalue weighted by molar-refractivity contribution is 0.302. The second-order valence-corrected chi connectivity index (χ2v) is 4.79. The Morgan fingerprint density at radius 2 is 1.87 bits per heavy atom. The molecule has 0 aliphatic heterocycles. The van der Waals surface area contributed by atoms with Crippen LogP contribution in [0.3, 0.4) is 0 Å². The molecule has 0 bridgehead atoms. The van der Waals surface area contributed by atoms with Gasteiger partial charge in [0.05, 0.1) is 5.02 Å². The van der Waals surface area contributed by atoms with Crippen LogP contribution in [0.1, 0.15) is 37.7 Å². The summed E-state index contributed by atoms with van der Waals surface area (Å²) < 4.78 is 0. The average Bonchev–Trinajstić information content (AvgIpc) is 2.23. The Bertz CT molecular complexity index is 359. The molecular formula is C12H16ClNO. The molecule has 3 N–H and O–H groups in total. The fraction of sp³-hybridized carbons (Fsp3) is 0.500. The summed E-state index contributed by atoms with van der Waals surface area (Å²) in [4.78, 5) is 0. The molecule has 0 atom stereocenters. The summed E-state index contributed by atoms with van der Waals surface area (Å²) in [6, 6.07) is 5.30. The number of aromatic hydroxyl groups is 1. The van der Waals surface area contributed by atoms with Crippen LogP contribution in [0.25, 0.3) is 0 Å². The molecule has 3 heteroatoms. The first-order chi connectivity index (χ1) is 7.12. The standard InChI is InChI=1S/C12H16ClNO/c13-10-8-9(4-5-11(10)15)12(14)6-2-1-3-7-12/h4-5,8,15H,1-3,6-7,14H2. The van der Waals surface area contributed by atoms with Crippen molar-refractivity contribution in [2.75, 3.05) is 0 Å². The molecule has 0 heterocycles. The van der Waals surface area contributed by atoms with E-state index in [0.717, 1.165) is 18.4 Å². The fourth-order valence-electron chi connectivity index (χ4n) is 2.29. The van der Waals surface area contributed by atoms with Crippen molar-refractivity contribution in [2.45, 2.75) is 37.6 Å². The minimum Gasteiger partial charge on any atom is -0.506 e. The van der Waals surface area contributed by atoms with Gasteiger partial charge in [0.25, 0.3) is 0 Å². The topological polar surface area (TPSA) is 46.2 Å². The Balaban J connectivity index is 2.31. The van der Waals surface area contributed by atoms with E-state index in [0.29, 0.717) is 5.02 Å². The van der Waals surface area contributed by atoms with Crippen LogP contribution >= 0.6 is 11.6 Å². The van der Waals surface area contributed by atoms with Crippen molar-refractivity contribution in [3.05, 3.63) is 28.8 Å². The van der Waals surface area contributed by atoms with E-state index >= 15 is 0 Å². The quantitative estimate of drug-likeness (QED) is 0.771. The summed E-state index contributed by atoms with van der Waals surface area (Å²) in [6.45, 7) is 0. The number of phenols is 1. The molecule has 1 aromatic rings. The van der Waals surface area contributed by atoms with E-state index in [2.05, 4.69) is 0 Å². The Morgan fingerprint density at radius 3 is 2.47 bits per heavy atom. The van der Waals surface area contributed by atoms with E-state index in [1.165, 1.54) is 19.3 Å². The third-order valence-corrected chi connectivity index (χ3v) is 3.57. The SMILES string of the molecule is NC1(c2ccc(O)c(Cl)c2)CCCCC1. The van der Waals surface area contributed by atoms with Crippen LogP contribution in [0.2, 0.25) is 5.02 Å². The molecule has 2 rings (SSSR count). The van der Waals surface area contributed by atoms with Gasteiger partial charge in [-0.15, -0.1) is 0 Å². The molecule has 1 aliphatic rings. The Morgan fingerprint density at radius 1 is 1.20 bits per heavy atom. The summed E-state index contributed by atoms with van der Waals surface area (Å²) in [7, 11) is 0.